The molecule has 0 atom stereocenters. The zero-order valence-electron chi connectivity index (χ0n) is 12.5. The molecule has 0 aliphatic heterocycles. The number of unbranched alkanes of at least 4 members (excludes halogenated alkanes) is 1. The molecule has 3 nitrogen and oxygen atoms in total. The van der Waals surface area contributed by atoms with E-state index in [4.69, 9.17) is 4.74 Å². The van der Waals surface area contributed by atoms with Gasteiger partial charge in [0.25, 0.3) is 5.91 Å². The second-order valence-corrected chi connectivity index (χ2v) is 5.42. The molecule has 0 heterocycles. The fraction of sp³-hybridized carbons (Fsp3) is 0.562. The number of carbonyl (C=O) groups is 1. The van der Waals surface area contributed by atoms with Crippen LogP contribution in [0.2, 0.25) is 0 Å². The van der Waals surface area contributed by atoms with E-state index in [9.17, 15) is 4.79 Å². The molecular formula is C16H25NO2. The average molecular weight is 263 g/mol. The standard InChI is InChI=1S/C16H25NO2/c1-5-7-12-19-14-10-8-13(9-11-14)15(18)17-16(3,4)6-2/h8-11H,5-7,12H2,1-4H3,(H,17,18). The Kier molecular flexibility index (Phi) is 5.87. The van der Waals surface area contributed by atoms with Gasteiger partial charge in [-0.2, -0.15) is 0 Å². The van der Waals surface area contributed by atoms with Crippen molar-refractivity contribution in [3.05, 3.63) is 29.8 Å². The molecule has 0 radical (unpaired) electrons. The van der Waals surface area contributed by atoms with E-state index in [0.29, 0.717) is 5.56 Å². The maximum absolute atomic E-state index is 12.0. The molecule has 106 valence electrons. The first-order valence-corrected chi connectivity index (χ1v) is 7.04. The van der Waals surface area contributed by atoms with E-state index in [1.807, 2.05) is 38.1 Å². The highest BCUT2D eigenvalue weighted by molar-refractivity contribution is 5.94. The summed E-state index contributed by atoms with van der Waals surface area (Å²) in [5.41, 5.74) is 0.497. The summed E-state index contributed by atoms with van der Waals surface area (Å²) >= 11 is 0. The Hall–Kier alpha value is -1.51. The molecule has 0 aliphatic rings. The lowest BCUT2D eigenvalue weighted by Crippen LogP contribution is -2.42. The van der Waals surface area contributed by atoms with Crippen molar-refractivity contribution in [2.24, 2.45) is 0 Å². The summed E-state index contributed by atoms with van der Waals surface area (Å²) in [6.45, 7) is 8.96. The first-order valence-electron chi connectivity index (χ1n) is 7.04. The summed E-state index contributed by atoms with van der Waals surface area (Å²) in [4.78, 5) is 12.0. The summed E-state index contributed by atoms with van der Waals surface area (Å²) in [6.07, 6.45) is 3.07. The highest BCUT2D eigenvalue weighted by Crippen LogP contribution is 2.14. The van der Waals surface area contributed by atoms with Gasteiger partial charge in [0, 0.05) is 11.1 Å². The van der Waals surface area contributed by atoms with E-state index in [0.717, 1.165) is 31.6 Å². The van der Waals surface area contributed by atoms with Crippen LogP contribution < -0.4 is 10.1 Å². The highest BCUT2D eigenvalue weighted by atomic mass is 16.5. The molecule has 1 amide bonds. The number of carbonyl (C=O) groups excluding carboxylic acids is 1. The van der Waals surface area contributed by atoms with Crippen molar-refractivity contribution in [3.63, 3.8) is 0 Å². The van der Waals surface area contributed by atoms with E-state index in [1.54, 1.807) is 0 Å². The molecule has 1 N–H and O–H groups in total. The van der Waals surface area contributed by atoms with Crippen LogP contribution in [0.4, 0.5) is 0 Å². The topological polar surface area (TPSA) is 38.3 Å². The van der Waals surface area contributed by atoms with E-state index in [2.05, 4.69) is 19.2 Å². The Bertz CT molecular complexity index is 396. The minimum atomic E-state index is -0.173. The SMILES string of the molecule is CCCCOc1ccc(C(=O)NC(C)(C)CC)cc1. The van der Waals surface area contributed by atoms with Crippen LogP contribution in [0.15, 0.2) is 24.3 Å². The van der Waals surface area contributed by atoms with Gasteiger partial charge >= 0.3 is 0 Å². The third-order valence-corrected chi connectivity index (χ3v) is 3.22. The molecule has 19 heavy (non-hydrogen) atoms. The monoisotopic (exact) mass is 263 g/mol. The first-order chi connectivity index (χ1) is 8.98. The Morgan fingerprint density at radius 3 is 2.37 bits per heavy atom. The molecule has 1 aromatic rings. The number of ether oxygens (including phenoxy) is 1. The zero-order valence-corrected chi connectivity index (χ0v) is 12.5. The summed E-state index contributed by atoms with van der Waals surface area (Å²) in [5, 5.41) is 3.01. The van der Waals surface area contributed by atoms with Gasteiger partial charge in [-0.25, -0.2) is 0 Å². The number of hydrogen-bond acceptors (Lipinski definition) is 2. The predicted octanol–water partition coefficient (Wildman–Crippen LogP) is 3.78. The Labute approximate surface area is 116 Å². The molecule has 0 aliphatic carbocycles. The van der Waals surface area contributed by atoms with Gasteiger partial charge in [-0.3, -0.25) is 4.79 Å². The fourth-order valence-corrected chi connectivity index (χ4v) is 1.50. The molecule has 3 heteroatoms. The summed E-state index contributed by atoms with van der Waals surface area (Å²) in [6, 6.07) is 7.32. The van der Waals surface area contributed by atoms with Crippen LogP contribution in [0.25, 0.3) is 0 Å². The molecular weight excluding hydrogens is 238 g/mol. The molecule has 0 fully saturated rings. The van der Waals surface area contributed by atoms with Gasteiger partial charge in [-0.05, 0) is 51.0 Å². The van der Waals surface area contributed by atoms with Crippen molar-refractivity contribution in [2.75, 3.05) is 6.61 Å². The maximum Gasteiger partial charge on any atom is 0.251 e. The van der Waals surface area contributed by atoms with Gasteiger partial charge in [-0.1, -0.05) is 20.3 Å². The summed E-state index contributed by atoms with van der Waals surface area (Å²) in [5.74, 6) is 0.784. The fourth-order valence-electron chi connectivity index (χ4n) is 1.50. The zero-order chi connectivity index (χ0) is 14.3. The van der Waals surface area contributed by atoms with Gasteiger partial charge < -0.3 is 10.1 Å². The van der Waals surface area contributed by atoms with Crippen molar-refractivity contribution in [1.29, 1.82) is 0 Å². The lowest BCUT2D eigenvalue weighted by atomic mass is 10.0. The van der Waals surface area contributed by atoms with Crippen molar-refractivity contribution in [2.45, 2.75) is 52.5 Å². The molecule has 0 saturated heterocycles. The van der Waals surface area contributed by atoms with Crippen LogP contribution >= 0.6 is 0 Å². The summed E-state index contributed by atoms with van der Waals surface area (Å²) in [7, 11) is 0. The number of hydrogen-bond donors (Lipinski definition) is 1. The van der Waals surface area contributed by atoms with Crippen LogP contribution in [-0.4, -0.2) is 18.1 Å². The Balaban J connectivity index is 2.58. The lowest BCUT2D eigenvalue weighted by Gasteiger charge is -2.24. The maximum atomic E-state index is 12.0. The lowest BCUT2D eigenvalue weighted by molar-refractivity contribution is 0.0911. The van der Waals surface area contributed by atoms with Crippen LogP contribution in [-0.2, 0) is 0 Å². The molecule has 0 saturated carbocycles. The highest BCUT2D eigenvalue weighted by Gasteiger charge is 2.18. The quantitative estimate of drug-likeness (QED) is 0.760. The largest absolute Gasteiger partial charge is 0.494 e. The van der Waals surface area contributed by atoms with Crippen LogP contribution in [0.1, 0.15) is 57.3 Å². The van der Waals surface area contributed by atoms with Gasteiger partial charge in [0.05, 0.1) is 6.61 Å². The van der Waals surface area contributed by atoms with E-state index in [-0.39, 0.29) is 11.4 Å². The summed E-state index contributed by atoms with van der Waals surface area (Å²) < 4.78 is 5.57. The van der Waals surface area contributed by atoms with Gasteiger partial charge in [0.1, 0.15) is 5.75 Å². The molecule has 1 rings (SSSR count). The van der Waals surface area contributed by atoms with Crippen LogP contribution in [0.5, 0.6) is 5.75 Å². The van der Waals surface area contributed by atoms with Crippen LogP contribution in [0.3, 0.4) is 0 Å². The second kappa shape index (κ2) is 7.17. The van der Waals surface area contributed by atoms with Gasteiger partial charge in [-0.15, -0.1) is 0 Å². The van der Waals surface area contributed by atoms with Crippen LogP contribution in [0, 0.1) is 0 Å². The van der Waals surface area contributed by atoms with Crippen molar-refractivity contribution in [3.8, 4) is 5.75 Å². The molecule has 0 spiro atoms. The first kappa shape index (κ1) is 15.5. The molecule has 0 unspecified atom stereocenters. The minimum Gasteiger partial charge on any atom is -0.494 e. The molecule has 1 aromatic carbocycles. The van der Waals surface area contributed by atoms with Crippen molar-refractivity contribution < 1.29 is 9.53 Å². The predicted molar refractivity (Wildman–Crippen MR) is 78.7 cm³/mol. The van der Waals surface area contributed by atoms with Gasteiger partial charge in [0.15, 0.2) is 0 Å². The van der Waals surface area contributed by atoms with Gasteiger partial charge in [0.2, 0.25) is 0 Å². The third-order valence-electron chi connectivity index (χ3n) is 3.22. The smallest absolute Gasteiger partial charge is 0.251 e. The molecule has 0 aromatic heterocycles. The van der Waals surface area contributed by atoms with E-state index >= 15 is 0 Å². The normalized spacial score (nSPS) is 11.2. The Morgan fingerprint density at radius 2 is 1.84 bits per heavy atom. The third kappa shape index (κ3) is 5.33. The van der Waals surface area contributed by atoms with E-state index in [1.165, 1.54) is 0 Å². The number of benzene rings is 1. The molecule has 0 bridgehead atoms. The van der Waals surface area contributed by atoms with Crippen molar-refractivity contribution >= 4 is 5.91 Å². The second-order valence-electron chi connectivity index (χ2n) is 5.42. The average Bonchev–Trinajstić information content (AvgIpc) is 2.39. The van der Waals surface area contributed by atoms with Crippen molar-refractivity contribution in [1.82, 2.24) is 5.32 Å². The number of nitrogens with one attached hydrogen (secondary N) is 1. The van der Waals surface area contributed by atoms with E-state index < -0.39 is 0 Å². The Morgan fingerprint density at radius 1 is 1.21 bits per heavy atom. The number of rotatable bonds is 7. The minimum absolute atomic E-state index is 0.0352. The number of amides is 1.